The minimum atomic E-state index is -0.908. The lowest BCUT2D eigenvalue weighted by Crippen LogP contribution is -2.44. The highest BCUT2D eigenvalue weighted by molar-refractivity contribution is 5.23. The van der Waals surface area contributed by atoms with E-state index >= 15 is 0 Å². The van der Waals surface area contributed by atoms with E-state index in [-0.39, 0.29) is 11.2 Å². The van der Waals surface area contributed by atoms with Crippen LogP contribution >= 0.6 is 0 Å². The zero-order valence-corrected chi connectivity index (χ0v) is 11.9. The molecule has 1 saturated carbocycles. The van der Waals surface area contributed by atoms with Crippen LogP contribution < -0.4 is 0 Å². The van der Waals surface area contributed by atoms with E-state index in [2.05, 4.69) is 13.8 Å². The standard InChI is InChI=1S/C16H23FO2/c1-15(2)8-10-16(19-3,11-9-15)14(18)12-6-4-5-7-13(12)17/h4-7,14,18H,8-11H2,1-3H3. The summed E-state index contributed by atoms with van der Waals surface area (Å²) in [5.74, 6) is -0.365. The summed E-state index contributed by atoms with van der Waals surface area (Å²) in [5, 5.41) is 10.6. The van der Waals surface area contributed by atoms with E-state index in [1.54, 1.807) is 25.3 Å². The van der Waals surface area contributed by atoms with Crippen molar-refractivity contribution >= 4 is 0 Å². The van der Waals surface area contributed by atoms with E-state index in [0.717, 1.165) is 25.7 Å². The molecule has 0 spiro atoms. The molecule has 0 heterocycles. The maximum absolute atomic E-state index is 13.8. The molecule has 106 valence electrons. The second kappa shape index (κ2) is 5.22. The SMILES string of the molecule is COC1(C(O)c2ccccc2F)CCC(C)(C)CC1. The van der Waals surface area contributed by atoms with Crippen molar-refractivity contribution in [1.29, 1.82) is 0 Å². The molecule has 2 nitrogen and oxygen atoms in total. The summed E-state index contributed by atoms with van der Waals surface area (Å²) in [6.45, 7) is 4.45. The third kappa shape index (κ3) is 2.82. The molecule has 1 aliphatic carbocycles. The first-order valence-electron chi connectivity index (χ1n) is 6.88. The van der Waals surface area contributed by atoms with Crippen LogP contribution in [0.25, 0.3) is 0 Å². The van der Waals surface area contributed by atoms with Crippen molar-refractivity contribution in [3.63, 3.8) is 0 Å². The van der Waals surface area contributed by atoms with Gasteiger partial charge in [-0.05, 0) is 37.2 Å². The molecule has 1 atom stereocenters. The molecule has 0 amide bonds. The lowest BCUT2D eigenvalue weighted by Gasteiger charge is -2.45. The highest BCUT2D eigenvalue weighted by atomic mass is 19.1. The Morgan fingerprint density at radius 1 is 1.16 bits per heavy atom. The van der Waals surface area contributed by atoms with Crippen LogP contribution in [0.5, 0.6) is 0 Å². The molecule has 1 N–H and O–H groups in total. The van der Waals surface area contributed by atoms with Gasteiger partial charge in [-0.2, -0.15) is 0 Å². The van der Waals surface area contributed by atoms with E-state index < -0.39 is 11.7 Å². The van der Waals surface area contributed by atoms with Gasteiger partial charge in [0.2, 0.25) is 0 Å². The molecule has 0 aliphatic heterocycles. The maximum Gasteiger partial charge on any atom is 0.129 e. The number of benzene rings is 1. The Labute approximate surface area is 114 Å². The van der Waals surface area contributed by atoms with Crippen LogP contribution in [0.3, 0.4) is 0 Å². The first-order chi connectivity index (χ1) is 8.90. The van der Waals surface area contributed by atoms with Crippen LogP contribution in [0.15, 0.2) is 24.3 Å². The van der Waals surface area contributed by atoms with Crippen LogP contribution in [0, 0.1) is 11.2 Å². The number of methoxy groups -OCH3 is 1. The molecule has 0 aromatic heterocycles. The molecular formula is C16H23FO2. The zero-order valence-electron chi connectivity index (χ0n) is 11.9. The van der Waals surface area contributed by atoms with Crippen LogP contribution in [0.2, 0.25) is 0 Å². The Kier molecular flexibility index (Phi) is 3.98. The summed E-state index contributed by atoms with van der Waals surface area (Å²) in [6, 6.07) is 6.40. The average molecular weight is 266 g/mol. The van der Waals surface area contributed by atoms with Gasteiger partial charge in [-0.1, -0.05) is 32.0 Å². The Morgan fingerprint density at radius 3 is 2.26 bits per heavy atom. The van der Waals surface area contributed by atoms with Crippen LogP contribution in [-0.4, -0.2) is 17.8 Å². The van der Waals surface area contributed by atoms with E-state index in [9.17, 15) is 9.50 Å². The van der Waals surface area contributed by atoms with Gasteiger partial charge >= 0.3 is 0 Å². The molecule has 0 bridgehead atoms. The number of halogens is 1. The van der Waals surface area contributed by atoms with Crippen LogP contribution in [0.4, 0.5) is 4.39 Å². The summed E-state index contributed by atoms with van der Waals surface area (Å²) < 4.78 is 19.5. The van der Waals surface area contributed by atoms with Gasteiger partial charge in [-0.25, -0.2) is 4.39 Å². The molecule has 1 aromatic rings. The van der Waals surface area contributed by atoms with Crippen molar-refractivity contribution in [2.75, 3.05) is 7.11 Å². The van der Waals surface area contributed by atoms with E-state index in [1.165, 1.54) is 6.07 Å². The maximum atomic E-state index is 13.8. The van der Waals surface area contributed by atoms with Gasteiger partial charge in [0, 0.05) is 12.7 Å². The first kappa shape index (κ1) is 14.5. The van der Waals surface area contributed by atoms with Gasteiger partial charge in [0.15, 0.2) is 0 Å². The predicted molar refractivity (Wildman–Crippen MR) is 73.3 cm³/mol. The highest BCUT2D eigenvalue weighted by Gasteiger charge is 2.44. The molecule has 19 heavy (non-hydrogen) atoms. The van der Waals surface area contributed by atoms with Gasteiger partial charge in [-0.15, -0.1) is 0 Å². The molecule has 0 saturated heterocycles. The lowest BCUT2D eigenvalue weighted by molar-refractivity contribution is -0.139. The van der Waals surface area contributed by atoms with E-state index in [0.29, 0.717) is 5.56 Å². The summed E-state index contributed by atoms with van der Waals surface area (Å²) in [6.07, 6.45) is 2.56. The first-order valence-corrected chi connectivity index (χ1v) is 6.88. The van der Waals surface area contributed by atoms with Gasteiger partial charge in [0.1, 0.15) is 11.9 Å². The topological polar surface area (TPSA) is 29.5 Å². The molecular weight excluding hydrogens is 243 g/mol. The van der Waals surface area contributed by atoms with Gasteiger partial charge < -0.3 is 9.84 Å². The molecule has 1 fully saturated rings. The summed E-state index contributed by atoms with van der Waals surface area (Å²) >= 11 is 0. The Balaban J connectivity index is 2.25. The van der Waals surface area contributed by atoms with Crippen molar-refractivity contribution in [3.05, 3.63) is 35.6 Å². The molecule has 3 heteroatoms. The fourth-order valence-electron chi connectivity index (χ4n) is 2.92. The Morgan fingerprint density at radius 2 is 1.74 bits per heavy atom. The number of hydrogen-bond acceptors (Lipinski definition) is 2. The molecule has 1 aromatic carbocycles. The van der Waals surface area contributed by atoms with Crippen molar-refractivity contribution in [3.8, 4) is 0 Å². The van der Waals surface area contributed by atoms with Crippen molar-refractivity contribution in [2.24, 2.45) is 5.41 Å². The summed E-state index contributed by atoms with van der Waals surface area (Å²) in [7, 11) is 1.61. The molecule has 1 unspecified atom stereocenters. The van der Waals surface area contributed by atoms with Crippen molar-refractivity contribution in [1.82, 2.24) is 0 Å². The van der Waals surface area contributed by atoms with Crippen LogP contribution in [0.1, 0.15) is 51.2 Å². The average Bonchev–Trinajstić information content (AvgIpc) is 2.39. The number of rotatable bonds is 3. The second-order valence-electron chi connectivity index (χ2n) is 6.36. The van der Waals surface area contributed by atoms with Gasteiger partial charge in [0.05, 0.1) is 5.60 Å². The van der Waals surface area contributed by atoms with Crippen LogP contribution in [-0.2, 0) is 4.74 Å². The van der Waals surface area contributed by atoms with Crippen molar-refractivity contribution in [2.45, 2.75) is 51.2 Å². The fourth-order valence-corrected chi connectivity index (χ4v) is 2.92. The van der Waals surface area contributed by atoms with Gasteiger partial charge in [-0.3, -0.25) is 0 Å². The third-order valence-corrected chi connectivity index (χ3v) is 4.55. The smallest absolute Gasteiger partial charge is 0.129 e. The zero-order chi connectivity index (χ0) is 14.1. The third-order valence-electron chi connectivity index (χ3n) is 4.55. The quantitative estimate of drug-likeness (QED) is 0.900. The number of hydrogen-bond donors (Lipinski definition) is 1. The second-order valence-corrected chi connectivity index (χ2v) is 6.36. The van der Waals surface area contributed by atoms with E-state index in [4.69, 9.17) is 4.74 Å². The number of aliphatic hydroxyl groups is 1. The monoisotopic (exact) mass is 266 g/mol. The summed E-state index contributed by atoms with van der Waals surface area (Å²) in [5.41, 5.74) is -0.0432. The minimum absolute atomic E-state index is 0.275. The normalized spacial score (nSPS) is 23.0. The van der Waals surface area contributed by atoms with Gasteiger partial charge in [0.25, 0.3) is 0 Å². The van der Waals surface area contributed by atoms with Crippen molar-refractivity contribution < 1.29 is 14.2 Å². The molecule has 1 aliphatic rings. The minimum Gasteiger partial charge on any atom is -0.385 e. The highest BCUT2D eigenvalue weighted by Crippen LogP contribution is 2.47. The lowest BCUT2D eigenvalue weighted by atomic mass is 9.68. The molecule has 2 rings (SSSR count). The predicted octanol–water partition coefficient (Wildman–Crippen LogP) is 3.84. The largest absolute Gasteiger partial charge is 0.385 e. The Hall–Kier alpha value is -0.930. The molecule has 0 radical (unpaired) electrons. The Bertz CT molecular complexity index is 432. The number of ether oxygens (including phenoxy) is 1. The summed E-state index contributed by atoms with van der Waals surface area (Å²) in [4.78, 5) is 0. The number of aliphatic hydroxyl groups excluding tert-OH is 1. The fraction of sp³-hybridized carbons (Fsp3) is 0.625. The van der Waals surface area contributed by atoms with E-state index in [1.807, 2.05) is 0 Å².